The normalized spacial score (nSPS) is 16.0. The van der Waals surface area contributed by atoms with E-state index >= 15 is 0 Å². The summed E-state index contributed by atoms with van der Waals surface area (Å²) in [6, 6.07) is 6.93. The van der Waals surface area contributed by atoms with Crippen molar-refractivity contribution in [3.63, 3.8) is 0 Å². The lowest BCUT2D eigenvalue weighted by Gasteiger charge is -2.15. The molecule has 0 spiro atoms. The first-order valence-corrected chi connectivity index (χ1v) is 12.8. The first-order valence-electron chi connectivity index (χ1n) is 11.8. The molecule has 2 atom stereocenters. The Labute approximate surface area is 213 Å². The fourth-order valence-corrected chi connectivity index (χ4v) is 4.96. The number of carboxylic acids is 1. The quantitative estimate of drug-likeness (QED) is 0.0788. The van der Waals surface area contributed by atoms with Crippen molar-refractivity contribution in [2.24, 2.45) is 16.8 Å². The topological polar surface area (TPSA) is 184 Å². The van der Waals surface area contributed by atoms with Crippen molar-refractivity contribution in [3.8, 4) is 0 Å². The molecule has 1 unspecified atom stereocenters. The number of carboxylic acid groups (broad SMARTS) is 1. The van der Waals surface area contributed by atoms with Crippen molar-refractivity contribution < 1.29 is 29.1 Å². The van der Waals surface area contributed by atoms with Crippen molar-refractivity contribution in [2.45, 2.75) is 56.7 Å². The fraction of sp³-hybridized carbons (Fsp3) is 0.542. The maximum Gasteiger partial charge on any atom is 0.308 e. The van der Waals surface area contributed by atoms with Crippen LogP contribution in [0, 0.1) is 5.92 Å². The fourth-order valence-electron chi connectivity index (χ4n) is 3.69. The van der Waals surface area contributed by atoms with Crippen LogP contribution in [0.4, 0.5) is 0 Å². The van der Waals surface area contributed by atoms with Gasteiger partial charge in [-0.3, -0.25) is 28.9 Å². The number of aliphatic carboxylic acids is 1. The first-order chi connectivity index (χ1) is 17.3. The molecule has 0 bridgehead atoms. The lowest BCUT2D eigenvalue weighted by Crippen LogP contribution is -2.34. The van der Waals surface area contributed by atoms with E-state index in [1.54, 1.807) is 24.3 Å². The third kappa shape index (κ3) is 9.10. The minimum absolute atomic E-state index is 0.000832. The number of ketones is 2. The second-order valence-corrected chi connectivity index (χ2v) is 9.77. The molecule has 11 nitrogen and oxygen atoms in total. The van der Waals surface area contributed by atoms with Gasteiger partial charge in [0.25, 0.3) is 0 Å². The van der Waals surface area contributed by atoms with Gasteiger partial charge in [-0.25, -0.2) is 0 Å². The van der Waals surface area contributed by atoms with E-state index in [-0.39, 0.29) is 61.6 Å². The van der Waals surface area contributed by atoms with E-state index in [9.17, 15) is 24.0 Å². The number of Topliss-reactive ketones (excluding diaryl/α,β-unsaturated/α-hetero) is 2. The zero-order valence-corrected chi connectivity index (χ0v) is 20.8. The highest BCUT2D eigenvalue weighted by Crippen LogP contribution is 2.27. The van der Waals surface area contributed by atoms with E-state index in [1.165, 1.54) is 0 Å². The Morgan fingerprint density at radius 2 is 1.83 bits per heavy atom. The van der Waals surface area contributed by atoms with Crippen molar-refractivity contribution >= 4 is 41.1 Å². The van der Waals surface area contributed by atoms with Gasteiger partial charge in [0.15, 0.2) is 5.78 Å². The number of hydrogen-bond donors (Lipinski definition) is 2. The number of unbranched alkanes of at least 4 members (excludes halogenated alkanes) is 2. The van der Waals surface area contributed by atoms with Crippen LogP contribution in [-0.2, 0) is 25.7 Å². The number of thioether (sulfide) groups is 1. The van der Waals surface area contributed by atoms with Crippen LogP contribution >= 0.6 is 11.8 Å². The van der Waals surface area contributed by atoms with Gasteiger partial charge < -0.3 is 10.8 Å². The van der Waals surface area contributed by atoms with Gasteiger partial charge in [0, 0.05) is 55.0 Å². The number of carbonyl (C=O) groups excluding carboxylic acids is 4. The largest absolute Gasteiger partial charge is 0.481 e. The average Bonchev–Trinajstić information content (AvgIpc) is 3.13. The highest BCUT2D eigenvalue weighted by molar-refractivity contribution is 8.00. The molecule has 36 heavy (non-hydrogen) atoms. The summed E-state index contributed by atoms with van der Waals surface area (Å²) in [5.41, 5.74) is 15.2. The molecule has 1 aromatic rings. The van der Waals surface area contributed by atoms with Crippen molar-refractivity contribution in [1.29, 1.82) is 0 Å². The third-order valence-corrected chi connectivity index (χ3v) is 7.27. The van der Waals surface area contributed by atoms with Gasteiger partial charge >= 0.3 is 5.97 Å². The minimum Gasteiger partial charge on any atom is -0.481 e. The first kappa shape index (κ1) is 29.0. The van der Waals surface area contributed by atoms with E-state index in [0.29, 0.717) is 37.7 Å². The number of rotatable bonds is 17. The molecule has 1 fully saturated rings. The molecule has 1 heterocycles. The van der Waals surface area contributed by atoms with Gasteiger partial charge in [-0.1, -0.05) is 35.8 Å². The predicted octanol–water partition coefficient (Wildman–Crippen LogP) is 3.11. The van der Waals surface area contributed by atoms with Gasteiger partial charge in [-0.05, 0) is 23.9 Å². The third-order valence-electron chi connectivity index (χ3n) is 5.90. The van der Waals surface area contributed by atoms with E-state index in [1.807, 2.05) is 0 Å². The van der Waals surface area contributed by atoms with Crippen LogP contribution in [0.1, 0.15) is 60.9 Å². The maximum absolute atomic E-state index is 12.5. The highest BCUT2D eigenvalue weighted by Gasteiger charge is 2.39. The molecule has 1 aromatic carbocycles. The van der Waals surface area contributed by atoms with Crippen molar-refractivity contribution in [3.05, 3.63) is 45.8 Å². The Morgan fingerprint density at radius 1 is 1.14 bits per heavy atom. The number of azide groups is 1. The highest BCUT2D eigenvalue weighted by atomic mass is 32.2. The summed E-state index contributed by atoms with van der Waals surface area (Å²) in [5, 5.41) is 11.9. The zero-order valence-electron chi connectivity index (χ0n) is 20.0. The number of carbonyl (C=O) groups is 5. The Bertz CT molecular complexity index is 1010. The zero-order chi connectivity index (χ0) is 26.5. The number of hydrogen-bond acceptors (Lipinski definition) is 8. The molecule has 0 radical (unpaired) electrons. The summed E-state index contributed by atoms with van der Waals surface area (Å²) < 4.78 is 0. The molecule has 2 rings (SSSR count). The van der Waals surface area contributed by atoms with Crippen LogP contribution in [0.5, 0.6) is 0 Å². The van der Waals surface area contributed by atoms with Gasteiger partial charge in [-0.15, -0.1) is 11.8 Å². The van der Waals surface area contributed by atoms with Gasteiger partial charge in [0.2, 0.25) is 11.8 Å². The van der Waals surface area contributed by atoms with E-state index in [0.717, 1.165) is 22.2 Å². The van der Waals surface area contributed by atoms with E-state index in [4.69, 9.17) is 16.4 Å². The van der Waals surface area contributed by atoms with Crippen LogP contribution in [-0.4, -0.2) is 63.4 Å². The molecule has 12 heteroatoms. The molecule has 1 saturated heterocycles. The number of nitrogens with zero attached hydrogens (tertiary/aromatic N) is 4. The molecule has 194 valence electrons. The lowest BCUT2D eigenvalue weighted by molar-refractivity contribution is -0.141. The SMILES string of the molecule is [N-]=[N+]=NCc1ccc(C(=O)CCCCCC(=O)CCN2C(=O)CC(SC[C@H](CN)C(=O)O)C2=O)cc1. The average molecular weight is 518 g/mol. The van der Waals surface area contributed by atoms with Crippen LogP contribution < -0.4 is 5.73 Å². The van der Waals surface area contributed by atoms with Crippen LogP contribution in [0.25, 0.3) is 10.4 Å². The van der Waals surface area contributed by atoms with E-state index in [2.05, 4.69) is 10.0 Å². The summed E-state index contributed by atoms with van der Waals surface area (Å²) in [6.07, 6.45) is 2.73. The molecule has 1 aliphatic heterocycles. The van der Waals surface area contributed by atoms with Crippen LogP contribution in [0.2, 0.25) is 0 Å². The summed E-state index contributed by atoms with van der Waals surface area (Å²) in [6.45, 7) is 0.221. The molecule has 0 aromatic heterocycles. The summed E-state index contributed by atoms with van der Waals surface area (Å²) >= 11 is 1.12. The number of benzene rings is 1. The van der Waals surface area contributed by atoms with Crippen molar-refractivity contribution in [1.82, 2.24) is 4.90 Å². The Balaban J connectivity index is 1.64. The van der Waals surface area contributed by atoms with Gasteiger partial charge in [0.1, 0.15) is 5.78 Å². The Hall–Kier alpha value is -3.21. The summed E-state index contributed by atoms with van der Waals surface area (Å²) in [5.74, 6) is -2.45. The van der Waals surface area contributed by atoms with Crippen molar-refractivity contribution in [2.75, 3.05) is 18.8 Å². The molecular weight excluding hydrogens is 486 g/mol. The molecule has 1 aliphatic rings. The molecule has 0 aliphatic carbocycles. The summed E-state index contributed by atoms with van der Waals surface area (Å²) in [7, 11) is 0. The summed E-state index contributed by atoms with van der Waals surface area (Å²) in [4.78, 5) is 64.0. The smallest absolute Gasteiger partial charge is 0.308 e. The Kier molecular flexibility index (Phi) is 12.1. The number of imide groups is 1. The van der Waals surface area contributed by atoms with Gasteiger partial charge in [-0.2, -0.15) is 0 Å². The molecule has 2 amide bonds. The number of likely N-dealkylation sites (tertiary alicyclic amines) is 1. The van der Waals surface area contributed by atoms with E-state index < -0.39 is 17.1 Å². The molecular formula is C24H31N5O6S. The number of amides is 2. The second-order valence-electron chi connectivity index (χ2n) is 8.54. The van der Waals surface area contributed by atoms with Gasteiger partial charge in [0.05, 0.1) is 17.7 Å². The predicted molar refractivity (Wildman–Crippen MR) is 134 cm³/mol. The standard InChI is InChI=1S/C24H31N5O6S/c25-13-18(24(34)35)15-36-21-12-22(32)29(23(21)33)11-10-19(30)4-2-1-3-5-20(31)17-8-6-16(7-9-17)14-27-28-26/h6-9,18,21H,1-5,10-15,25H2,(H,34,35)/t18-,21?/m0/s1. The maximum atomic E-state index is 12.5. The van der Waals surface area contributed by atoms with Crippen LogP contribution in [0.3, 0.4) is 0 Å². The minimum atomic E-state index is -1.04. The monoisotopic (exact) mass is 517 g/mol. The number of nitrogens with two attached hydrogens (primary N) is 1. The molecule has 0 saturated carbocycles. The Morgan fingerprint density at radius 3 is 2.47 bits per heavy atom. The second kappa shape index (κ2) is 15.0. The molecule has 3 N–H and O–H groups in total. The lowest BCUT2D eigenvalue weighted by atomic mass is 10.0. The van der Waals surface area contributed by atoms with Crippen LogP contribution in [0.15, 0.2) is 29.4 Å².